The van der Waals surface area contributed by atoms with E-state index in [4.69, 9.17) is 0 Å². The lowest BCUT2D eigenvalue weighted by atomic mass is 10.1. The fourth-order valence-corrected chi connectivity index (χ4v) is 4.38. The normalized spacial score (nSPS) is 13.9. The smallest absolute Gasteiger partial charge is 0.320 e. The van der Waals surface area contributed by atoms with Gasteiger partial charge >= 0.3 is 6.03 Å². The van der Waals surface area contributed by atoms with Crippen LogP contribution in [0, 0.1) is 32.4 Å². The van der Waals surface area contributed by atoms with E-state index in [1.807, 2.05) is 26.8 Å². The standard InChI is InChI=1S/C27H27F2N3O2/c1-17-5-8-25(24(14-17)30-26(33)22-7-6-21(28)15-23(22)29)32-10-4-9-31(27(32)34)16-20-12-18(2)11-19(3)13-20/h5-8,11-15H,4,9-10,16H2,1-3H3,(H,30,33). The Hall–Kier alpha value is -3.74. The minimum Gasteiger partial charge on any atom is -0.320 e. The van der Waals surface area contributed by atoms with Crippen LogP contribution in [-0.2, 0) is 6.54 Å². The Balaban J connectivity index is 1.59. The van der Waals surface area contributed by atoms with Crippen molar-refractivity contribution in [3.05, 3.63) is 94.0 Å². The van der Waals surface area contributed by atoms with Crippen molar-refractivity contribution in [2.24, 2.45) is 0 Å². The summed E-state index contributed by atoms with van der Waals surface area (Å²) in [6, 6.07) is 14.3. The summed E-state index contributed by atoms with van der Waals surface area (Å²) in [6.07, 6.45) is 0.768. The van der Waals surface area contributed by atoms with Crippen LogP contribution in [0.3, 0.4) is 0 Å². The van der Waals surface area contributed by atoms with Crippen LogP contribution in [0.15, 0.2) is 54.6 Å². The molecule has 3 aromatic rings. The van der Waals surface area contributed by atoms with Crippen molar-refractivity contribution in [2.45, 2.75) is 33.7 Å². The summed E-state index contributed by atoms with van der Waals surface area (Å²) in [5, 5.41) is 2.71. The van der Waals surface area contributed by atoms with Crippen molar-refractivity contribution >= 4 is 23.3 Å². The molecule has 1 heterocycles. The second-order valence-electron chi connectivity index (χ2n) is 8.80. The largest absolute Gasteiger partial charge is 0.324 e. The number of anilines is 2. The first kappa shape index (κ1) is 23.4. The lowest BCUT2D eigenvalue weighted by molar-refractivity contribution is 0.102. The minimum absolute atomic E-state index is 0.155. The van der Waals surface area contributed by atoms with Crippen molar-refractivity contribution in [1.29, 1.82) is 0 Å². The maximum absolute atomic E-state index is 14.1. The summed E-state index contributed by atoms with van der Waals surface area (Å²) in [5.74, 6) is -2.41. The molecular formula is C27H27F2N3O2. The van der Waals surface area contributed by atoms with E-state index in [2.05, 4.69) is 23.5 Å². The average molecular weight is 464 g/mol. The van der Waals surface area contributed by atoms with Crippen LogP contribution in [0.2, 0.25) is 0 Å². The first-order valence-corrected chi connectivity index (χ1v) is 11.2. The van der Waals surface area contributed by atoms with E-state index in [0.717, 1.165) is 40.8 Å². The number of aryl methyl sites for hydroxylation is 3. The molecule has 1 aliphatic heterocycles. The fourth-order valence-electron chi connectivity index (χ4n) is 4.38. The maximum Gasteiger partial charge on any atom is 0.324 e. The van der Waals surface area contributed by atoms with E-state index in [1.165, 1.54) is 0 Å². The molecule has 1 saturated heterocycles. The Morgan fingerprint density at radius 1 is 0.912 bits per heavy atom. The molecule has 0 unspecified atom stereocenters. The Morgan fingerprint density at radius 2 is 1.65 bits per heavy atom. The molecule has 34 heavy (non-hydrogen) atoms. The summed E-state index contributed by atoms with van der Waals surface area (Å²) in [6.45, 7) is 7.56. The highest BCUT2D eigenvalue weighted by Gasteiger charge is 2.29. The average Bonchev–Trinajstić information content (AvgIpc) is 2.75. The molecule has 0 aromatic heterocycles. The van der Waals surface area contributed by atoms with Crippen molar-refractivity contribution in [1.82, 2.24) is 4.90 Å². The lowest BCUT2D eigenvalue weighted by Gasteiger charge is -2.36. The van der Waals surface area contributed by atoms with Gasteiger partial charge < -0.3 is 10.2 Å². The van der Waals surface area contributed by atoms with E-state index in [1.54, 1.807) is 21.9 Å². The van der Waals surface area contributed by atoms with Gasteiger partial charge in [-0.05, 0) is 62.6 Å². The number of halogens is 2. The van der Waals surface area contributed by atoms with Gasteiger partial charge in [0.25, 0.3) is 5.91 Å². The molecule has 0 bridgehead atoms. The van der Waals surface area contributed by atoms with Crippen LogP contribution in [-0.4, -0.2) is 29.9 Å². The van der Waals surface area contributed by atoms with Gasteiger partial charge in [0.1, 0.15) is 11.6 Å². The van der Waals surface area contributed by atoms with Gasteiger partial charge in [0, 0.05) is 25.7 Å². The van der Waals surface area contributed by atoms with Gasteiger partial charge in [-0.1, -0.05) is 35.4 Å². The number of nitrogens with zero attached hydrogens (tertiary/aromatic N) is 2. The van der Waals surface area contributed by atoms with Gasteiger partial charge in [0.05, 0.1) is 16.9 Å². The predicted octanol–water partition coefficient (Wildman–Crippen LogP) is 5.97. The molecule has 7 heteroatoms. The SMILES string of the molecule is Cc1cc(C)cc(CN2CCCN(c3ccc(C)cc3NC(=O)c3ccc(F)cc3F)C2=O)c1. The topological polar surface area (TPSA) is 52.6 Å². The van der Waals surface area contributed by atoms with Crippen molar-refractivity contribution in [3.8, 4) is 0 Å². The first-order valence-electron chi connectivity index (χ1n) is 11.2. The monoisotopic (exact) mass is 463 g/mol. The molecule has 176 valence electrons. The molecule has 0 atom stereocenters. The van der Waals surface area contributed by atoms with Gasteiger partial charge in [-0.3, -0.25) is 9.69 Å². The number of carbonyl (C=O) groups excluding carboxylic acids is 2. The molecule has 1 aliphatic rings. The highest BCUT2D eigenvalue weighted by Crippen LogP contribution is 2.31. The maximum atomic E-state index is 14.1. The summed E-state index contributed by atoms with van der Waals surface area (Å²) in [7, 11) is 0. The quantitative estimate of drug-likeness (QED) is 0.507. The second-order valence-corrected chi connectivity index (χ2v) is 8.80. The van der Waals surface area contributed by atoms with Crippen molar-refractivity contribution in [3.63, 3.8) is 0 Å². The van der Waals surface area contributed by atoms with E-state index >= 15 is 0 Å². The van der Waals surface area contributed by atoms with Crippen LogP contribution >= 0.6 is 0 Å². The summed E-state index contributed by atoms with van der Waals surface area (Å²) in [5.41, 5.74) is 4.90. The van der Waals surface area contributed by atoms with E-state index in [0.29, 0.717) is 37.1 Å². The molecule has 0 saturated carbocycles. The highest BCUT2D eigenvalue weighted by molar-refractivity contribution is 6.07. The molecular weight excluding hydrogens is 436 g/mol. The first-order chi connectivity index (χ1) is 16.2. The molecule has 3 amide bonds. The zero-order valence-corrected chi connectivity index (χ0v) is 19.5. The zero-order chi connectivity index (χ0) is 24.4. The Morgan fingerprint density at radius 3 is 2.35 bits per heavy atom. The molecule has 1 N–H and O–H groups in total. The van der Waals surface area contributed by atoms with Crippen molar-refractivity contribution < 1.29 is 18.4 Å². The third-order valence-electron chi connectivity index (χ3n) is 5.83. The molecule has 3 aromatic carbocycles. The third-order valence-corrected chi connectivity index (χ3v) is 5.83. The lowest BCUT2D eigenvalue weighted by Crippen LogP contribution is -2.49. The number of amides is 3. The summed E-state index contributed by atoms with van der Waals surface area (Å²) in [4.78, 5) is 29.6. The van der Waals surface area contributed by atoms with E-state index in [-0.39, 0.29) is 11.6 Å². The van der Waals surface area contributed by atoms with Gasteiger partial charge in [-0.15, -0.1) is 0 Å². The minimum atomic E-state index is -0.944. The molecule has 0 radical (unpaired) electrons. The van der Waals surface area contributed by atoms with Crippen LogP contribution in [0.5, 0.6) is 0 Å². The number of urea groups is 1. The molecule has 0 spiro atoms. The number of benzene rings is 3. The zero-order valence-electron chi connectivity index (χ0n) is 19.5. The summed E-state index contributed by atoms with van der Waals surface area (Å²) >= 11 is 0. The third kappa shape index (κ3) is 5.09. The predicted molar refractivity (Wildman–Crippen MR) is 129 cm³/mol. The van der Waals surface area contributed by atoms with Crippen LogP contribution in [0.4, 0.5) is 25.0 Å². The van der Waals surface area contributed by atoms with Crippen molar-refractivity contribution in [2.75, 3.05) is 23.3 Å². The molecule has 4 rings (SSSR count). The molecule has 5 nitrogen and oxygen atoms in total. The number of hydrogen-bond donors (Lipinski definition) is 1. The highest BCUT2D eigenvalue weighted by atomic mass is 19.1. The number of hydrogen-bond acceptors (Lipinski definition) is 2. The second kappa shape index (κ2) is 9.63. The van der Waals surface area contributed by atoms with Gasteiger partial charge in [-0.25, -0.2) is 13.6 Å². The Labute approximate surface area is 198 Å². The fraction of sp³-hybridized carbons (Fsp3) is 0.259. The van der Waals surface area contributed by atoms with Gasteiger partial charge in [0.15, 0.2) is 0 Å². The Kier molecular flexibility index (Phi) is 6.63. The number of carbonyl (C=O) groups is 2. The number of nitrogens with one attached hydrogen (secondary N) is 1. The van der Waals surface area contributed by atoms with E-state index in [9.17, 15) is 18.4 Å². The summed E-state index contributed by atoms with van der Waals surface area (Å²) < 4.78 is 27.4. The van der Waals surface area contributed by atoms with Crippen LogP contribution in [0.1, 0.15) is 39.0 Å². The van der Waals surface area contributed by atoms with Gasteiger partial charge in [0.2, 0.25) is 0 Å². The number of rotatable bonds is 5. The molecule has 1 fully saturated rings. The Bertz CT molecular complexity index is 1240. The van der Waals surface area contributed by atoms with E-state index < -0.39 is 17.5 Å². The van der Waals surface area contributed by atoms with Gasteiger partial charge in [-0.2, -0.15) is 0 Å². The van der Waals surface area contributed by atoms with Crippen LogP contribution < -0.4 is 10.2 Å². The van der Waals surface area contributed by atoms with Crippen LogP contribution in [0.25, 0.3) is 0 Å². The molecule has 0 aliphatic carbocycles.